The monoisotopic (exact) mass is 251 g/mol. The number of rotatable bonds is 7. The molecule has 1 atom stereocenters. The van der Waals surface area contributed by atoms with Gasteiger partial charge in [0.25, 0.3) is 0 Å². The number of nitrogens with zero attached hydrogens (tertiary/aromatic N) is 1. The van der Waals surface area contributed by atoms with Gasteiger partial charge in [0, 0.05) is 12.1 Å². The molecule has 1 unspecified atom stereocenters. The molecular weight excluding hydrogens is 234 g/mol. The zero-order valence-electron chi connectivity index (χ0n) is 9.47. The second kappa shape index (κ2) is 9.15. The van der Waals surface area contributed by atoms with Crippen LogP contribution in [0.25, 0.3) is 0 Å². The van der Waals surface area contributed by atoms with Crippen molar-refractivity contribution < 1.29 is 19.8 Å². The molecule has 5 nitrogen and oxygen atoms in total. The highest BCUT2D eigenvalue weighted by Gasteiger charge is 2.17. The smallest absolute Gasteiger partial charge is 0.328 e. The standard InChI is InChI=1S/C10H17NO4.ClH/c1-3-7(4-2)11-8(10(14)15)5-6-9(12)13;/h8H,3-6H2,1-2H3,(H,12,13)(H,14,15);1H. The molecule has 2 N–H and O–H groups in total. The van der Waals surface area contributed by atoms with E-state index in [-0.39, 0.29) is 25.2 Å². The highest BCUT2D eigenvalue weighted by molar-refractivity contribution is 5.87. The Hall–Kier alpha value is -1.10. The molecular formula is C10H18ClNO4. The van der Waals surface area contributed by atoms with Crippen LogP contribution in [0.2, 0.25) is 0 Å². The summed E-state index contributed by atoms with van der Waals surface area (Å²) in [4.78, 5) is 25.1. The van der Waals surface area contributed by atoms with Crippen LogP contribution in [0, 0.1) is 0 Å². The van der Waals surface area contributed by atoms with Gasteiger partial charge in [0.05, 0.1) is 0 Å². The summed E-state index contributed by atoms with van der Waals surface area (Å²) < 4.78 is 0. The predicted octanol–water partition coefficient (Wildman–Crippen LogP) is 1.99. The maximum Gasteiger partial charge on any atom is 0.328 e. The Kier molecular flexibility index (Phi) is 9.89. The van der Waals surface area contributed by atoms with Crippen molar-refractivity contribution in [3.8, 4) is 0 Å². The maximum atomic E-state index is 10.8. The van der Waals surface area contributed by atoms with Gasteiger partial charge < -0.3 is 10.2 Å². The summed E-state index contributed by atoms with van der Waals surface area (Å²) in [5.41, 5.74) is 0.813. The van der Waals surface area contributed by atoms with E-state index in [2.05, 4.69) is 4.99 Å². The fraction of sp³-hybridized carbons (Fsp3) is 0.700. The lowest BCUT2D eigenvalue weighted by atomic mass is 10.1. The van der Waals surface area contributed by atoms with E-state index in [1.807, 2.05) is 13.8 Å². The van der Waals surface area contributed by atoms with Crippen molar-refractivity contribution in [2.24, 2.45) is 4.99 Å². The highest BCUT2D eigenvalue weighted by Crippen LogP contribution is 2.06. The van der Waals surface area contributed by atoms with Gasteiger partial charge in [-0.05, 0) is 19.3 Å². The van der Waals surface area contributed by atoms with Crippen molar-refractivity contribution in [2.45, 2.75) is 45.6 Å². The summed E-state index contributed by atoms with van der Waals surface area (Å²) in [6, 6.07) is -0.920. The molecule has 6 heteroatoms. The Morgan fingerprint density at radius 1 is 1.19 bits per heavy atom. The Labute approximate surface area is 101 Å². The van der Waals surface area contributed by atoms with Crippen molar-refractivity contribution in [3.63, 3.8) is 0 Å². The lowest BCUT2D eigenvalue weighted by molar-refractivity contribution is -0.139. The molecule has 0 saturated carbocycles. The SMILES string of the molecule is CCC(CC)=NC(CCC(=O)O)C(=O)O.Cl. The van der Waals surface area contributed by atoms with Crippen LogP contribution < -0.4 is 0 Å². The molecule has 0 amide bonds. The second-order valence-corrected chi connectivity index (χ2v) is 3.19. The number of carbonyl (C=O) groups is 2. The van der Waals surface area contributed by atoms with Gasteiger partial charge in [-0.15, -0.1) is 12.4 Å². The lowest BCUT2D eigenvalue weighted by Gasteiger charge is -2.08. The first-order chi connectivity index (χ1) is 7.01. The average molecular weight is 252 g/mol. The van der Waals surface area contributed by atoms with E-state index in [0.717, 1.165) is 5.71 Å². The van der Waals surface area contributed by atoms with E-state index in [1.165, 1.54) is 0 Å². The zero-order valence-corrected chi connectivity index (χ0v) is 10.3. The third-order valence-corrected chi connectivity index (χ3v) is 2.07. The molecule has 0 radical (unpaired) electrons. The minimum Gasteiger partial charge on any atom is -0.481 e. The third kappa shape index (κ3) is 7.23. The summed E-state index contributed by atoms with van der Waals surface area (Å²) in [6.45, 7) is 3.80. The molecule has 0 saturated heterocycles. The number of hydrogen-bond acceptors (Lipinski definition) is 3. The molecule has 0 bridgehead atoms. The molecule has 94 valence electrons. The molecule has 0 aromatic heterocycles. The van der Waals surface area contributed by atoms with Crippen LogP contribution in [0.5, 0.6) is 0 Å². The first-order valence-corrected chi connectivity index (χ1v) is 5.01. The largest absolute Gasteiger partial charge is 0.481 e. The van der Waals surface area contributed by atoms with Gasteiger partial charge in [0.15, 0.2) is 0 Å². The molecule has 0 aromatic rings. The number of carboxylic acids is 2. The molecule has 0 aliphatic rings. The van der Waals surface area contributed by atoms with Gasteiger partial charge in [0.1, 0.15) is 6.04 Å². The number of carboxylic acid groups (broad SMARTS) is 2. The summed E-state index contributed by atoms with van der Waals surface area (Å²) in [6.07, 6.45) is 1.29. The number of aliphatic imine (C=N–C) groups is 1. The van der Waals surface area contributed by atoms with Crippen molar-refractivity contribution in [2.75, 3.05) is 0 Å². The number of hydrogen-bond donors (Lipinski definition) is 2. The quantitative estimate of drug-likeness (QED) is 0.678. The highest BCUT2D eigenvalue weighted by atomic mass is 35.5. The number of halogens is 1. The van der Waals surface area contributed by atoms with Gasteiger partial charge in [-0.1, -0.05) is 13.8 Å². The molecule has 0 rings (SSSR count). The number of aliphatic carboxylic acids is 2. The Bertz CT molecular complexity index is 260. The molecule has 0 spiro atoms. The summed E-state index contributed by atoms with van der Waals surface area (Å²) >= 11 is 0. The summed E-state index contributed by atoms with van der Waals surface area (Å²) in [5, 5.41) is 17.3. The summed E-state index contributed by atoms with van der Waals surface area (Å²) in [5.74, 6) is -2.05. The minimum absolute atomic E-state index is 0. The summed E-state index contributed by atoms with van der Waals surface area (Å²) in [7, 11) is 0. The minimum atomic E-state index is -1.06. The van der Waals surface area contributed by atoms with E-state index in [9.17, 15) is 9.59 Å². The van der Waals surface area contributed by atoms with Crippen LogP contribution in [0.4, 0.5) is 0 Å². The van der Waals surface area contributed by atoms with Gasteiger partial charge in [-0.3, -0.25) is 9.79 Å². The zero-order chi connectivity index (χ0) is 11.8. The normalized spacial score (nSPS) is 11.1. The van der Waals surface area contributed by atoms with E-state index >= 15 is 0 Å². The third-order valence-electron chi connectivity index (χ3n) is 2.07. The maximum absolute atomic E-state index is 10.8. The fourth-order valence-electron chi connectivity index (χ4n) is 1.16. The Balaban J connectivity index is 0. The van der Waals surface area contributed by atoms with Gasteiger partial charge in [-0.25, -0.2) is 4.79 Å². The van der Waals surface area contributed by atoms with Crippen LogP contribution >= 0.6 is 12.4 Å². The fourth-order valence-corrected chi connectivity index (χ4v) is 1.16. The predicted molar refractivity (Wildman–Crippen MR) is 63.6 cm³/mol. The lowest BCUT2D eigenvalue weighted by Crippen LogP contribution is -2.21. The van der Waals surface area contributed by atoms with E-state index in [1.54, 1.807) is 0 Å². The van der Waals surface area contributed by atoms with Crippen LogP contribution in [0.3, 0.4) is 0 Å². The average Bonchev–Trinajstić information content (AvgIpc) is 2.17. The Morgan fingerprint density at radius 2 is 1.69 bits per heavy atom. The van der Waals surface area contributed by atoms with Gasteiger partial charge in [0.2, 0.25) is 0 Å². The van der Waals surface area contributed by atoms with E-state index in [0.29, 0.717) is 12.8 Å². The van der Waals surface area contributed by atoms with Crippen molar-refractivity contribution in [3.05, 3.63) is 0 Å². The molecule has 0 aliphatic heterocycles. The van der Waals surface area contributed by atoms with Crippen molar-refractivity contribution in [1.82, 2.24) is 0 Å². The van der Waals surface area contributed by atoms with Crippen LogP contribution in [-0.4, -0.2) is 33.9 Å². The van der Waals surface area contributed by atoms with Crippen LogP contribution in [0.1, 0.15) is 39.5 Å². The van der Waals surface area contributed by atoms with E-state index in [4.69, 9.17) is 10.2 Å². The second-order valence-electron chi connectivity index (χ2n) is 3.19. The van der Waals surface area contributed by atoms with E-state index < -0.39 is 18.0 Å². The molecule has 0 aliphatic carbocycles. The van der Waals surface area contributed by atoms with Gasteiger partial charge >= 0.3 is 11.9 Å². The first kappa shape index (κ1) is 17.3. The molecule has 0 aromatic carbocycles. The van der Waals surface area contributed by atoms with Crippen molar-refractivity contribution >= 4 is 30.1 Å². The van der Waals surface area contributed by atoms with Crippen LogP contribution in [0.15, 0.2) is 4.99 Å². The van der Waals surface area contributed by atoms with Crippen LogP contribution in [-0.2, 0) is 9.59 Å². The van der Waals surface area contributed by atoms with Crippen molar-refractivity contribution in [1.29, 1.82) is 0 Å². The Morgan fingerprint density at radius 3 is 2.00 bits per heavy atom. The molecule has 0 fully saturated rings. The first-order valence-electron chi connectivity index (χ1n) is 5.01. The molecule has 0 heterocycles. The molecule has 16 heavy (non-hydrogen) atoms. The van der Waals surface area contributed by atoms with Gasteiger partial charge in [-0.2, -0.15) is 0 Å². The topological polar surface area (TPSA) is 87.0 Å².